The molecule has 1 N–H and O–H groups in total. The molecule has 31 heavy (non-hydrogen) atoms. The van der Waals surface area contributed by atoms with Crippen LogP contribution < -0.4 is 5.56 Å². The first-order valence-corrected chi connectivity index (χ1v) is 10.1. The number of H-pyrrole nitrogens is 1. The molecule has 0 radical (unpaired) electrons. The van der Waals surface area contributed by atoms with Crippen LogP contribution in [0.1, 0.15) is 20.7 Å². The van der Waals surface area contributed by atoms with Crippen LogP contribution in [0.2, 0.25) is 5.02 Å². The number of nitrogens with zero attached hydrogens (tertiary/aromatic N) is 2. The molecule has 0 spiro atoms. The van der Waals surface area contributed by atoms with E-state index in [0.717, 1.165) is 11.6 Å². The van der Waals surface area contributed by atoms with Crippen molar-refractivity contribution < 1.29 is 14.0 Å². The zero-order valence-electron chi connectivity index (χ0n) is 16.5. The van der Waals surface area contributed by atoms with E-state index in [0.29, 0.717) is 5.69 Å². The molecule has 0 unspecified atom stereocenters. The van der Waals surface area contributed by atoms with Crippen LogP contribution in [0.15, 0.2) is 65.5 Å². The molecule has 1 fully saturated rings. The predicted octanol–water partition coefficient (Wildman–Crippen LogP) is 3.43. The lowest BCUT2D eigenvalue weighted by Crippen LogP contribution is -2.51. The molecule has 2 heterocycles. The number of hydrogen-bond acceptors (Lipinski definition) is 3. The molecule has 1 saturated heterocycles. The largest absolute Gasteiger partial charge is 0.335 e. The number of amides is 2. The maximum Gasteiger partial charge on any atom is 0.261 e. The fourth-order valence-electron chi connectivity index (χ4n) is 3.54. The van der Waals surface area contributed by atoms with Gasteiger partial charge in [0.25, 0.3) is 17.4 Å². The monoisotopic (exact) mass is 439 g/mol. The molecule has 158 valence electrons. The molecule has 2 amide bonds. The first-order chi connectivity index (χ1) is 14.9. The number of aromatic nitrogens is 1. The van der Waals surface area contributed by atoms with E-state index in [1.165, 1.54) is 18.2 Å². The van der Waals surface area contributed by atoms with Crippen LogP contribution in [0, 0.1) is 5.82 Å². The lowest BCUT2D eigenvalue weighted by Gasteiger charge is -2.34. The van der Waals surface area contributed by atoms with Gasteiger partial charge in [-0.1, -0.05) is 41.9 Å². The Morgan fingerprint density at radius 1 is 0.839 bits per heavy atom. The van der Waals surface area contributed by atoms with E-state index in [1.54, 1.807) is 15.9 Å². The summed E-state index contributed by atoms with van der Waals surface area (Å²) < 4.78 is 13.2. The van der Waals surface area contributed by atoms with Gasteiger partial charge in [-0.3, -0.25) is 14.4 Å². The normalized spacial score (nSPS) is 13.9. The fraction of sp³-hybridized carbons (Fsp3) is 0.174. The second-order valence-electron chi connectivity index (χ2n) is 7.19. The van der Waals surface area contributed by atoms with Crippen LogP contribution in [0.25, 0.3) is 11.3 Å². The lowest BCUT2D eigenvalue weighted by atomic mass is 10.1. The zero-order valence-corrected chi connectivity index (χ0v) is 17.2. The van der Waals surface area contributed by atoms with Gasteiger partial charge in [0.2, 0.25) is 0 Å². The highest BCUT2D eigenvalue weighted by Crippen LogP contribution is 2.20. The Labute approximate surface area is 182 Å². The van der Waals surface area contributed by atoms with Gasteiger partial charge in [0.1, 0.15) is 11.4 Å². The highest BCUT2D eigenvalue weighted by Gasteiger charge is 2.27. The van der Waals surface area contributed by atoms with Crippen molar-refractivity contribution in [3.63, 3.8) is 0 Å². The van der Waals surface area contributed by atoms with Gasteiger partial charge in [-0.05, 0) is 35.9 Å². The van der Waals surface area contributed by atoms with Crippen LogP contribution in [-0.4, -0.2) is 52.8 Å². The topological polar surface area (TPSA) is 73.5 Å². The van der Waals surface area contributed by atoms with Gasteiger partial charge in [-0.2, -0.15) is 0 Å². The van der Waals surface area contributed by atoms with Crippen LogP contribution >= 0.6 is 11.6 Å². The molecule has 8 heteroatoms. The maximum absolute atomic E-state index is 13.2. The Morgan fingerprint density at radius 2 is 1.42 bits per heavy atom. The molecule has 0 aliphatic carbocycles. The summed E-state index contributed by atoms with van der Waals surface area (Å²) in [6.07, 6.45) is 0. The molecule has 1 aliphatic heterocycles. The molecule has 1 aliphatic rings. The van der Waals surface area contributed by atoms with Crippen LogP contribution in [-0.2, 0) is 0 Å². The summed E-state index contributed by atoms with van der Waals surface area (Å²) in [5, 5.41) is 0.0496. The number of hydrogen-bond donors (Lipinski definition) is 1. The average molecular weight is 440 g/mol. The molecular weight excluding hydrogens is 421 g/mol. The lowest BCUT2D eigenvalue weighted by molar-refractivity contribution is 0.0534. The third-order valence-corrected chi connectivity index (χ3v) is 5.55. The van der Waals surface area contributed by atoms with Crippen LogP contribution in [0.3, 0.4) is 0 Å². The highest BCUT2D eigenvalue weighted by molar-refractivity contribution is 6.33. The van der Waals surface area contributed by atoms with E-state index in [4.69, 9.17) is 11.6 Å². The minimum atomic E-state index is -0.513. The Bertz CT molecular complexity index is 1190. The number of aromatic amines is 1. The van der Waals surface area contributed by atoms with Crippen molar-refractivity contribution in [1.82, 2.24) is 14.8 Å². The molecule has 2 aromatic carbocycles. The maximum atomic E-state index is 13.2. The van der Waals surface area contributed by atoms with Crippen molar-refractivity contribution in [1.29, 1.82) is 0 Å². The summed E-state index contributed by atoms with van der Waals surface area (Å²) in [4.78, 5) is 43.9. The summed E-state index contributed by atoms with van der Waals surface area (Å²) in [6, 6.07) is 16.2. The molecular formula is C23H19ClFN3O3. The number of carbonyl (C=O) groups is 2. The molecule has 3 aromatic rings. The van der Waals surface area contributed by atoms with Crippen LogP contribution in [0.4, 0.5) is 4.39 Å². The molecule has 6 nitrogen and oxygen atoms in total. The predicted molar refractivity (Wildman–Crippen MR) is 116 cm³/mol. The second kappa shape index (κ2) is 8.73. The van der Waals surface area contributed by atoms with Crippen molar-refractivity contribution >= 4 is 23.4 Å². The van der Waals surface area contributed by atoms with Gasteiger partial charge >= 0.3 is 0 Å². The summed E-state index contributed by atoms with van der Waals surface area (Å²) in [5.41, 5.74) is 1.30. The average Bonchev–Trinajstić information content (AvgIpc) is 2.79. The number of rotatable bonds is 3. The number of carbonyl (C=O) groups excluding carboxylic acids is 2. The standard InChI is InChI=1S/C23H19ClFN3O3/c24-19-14-16(25)6-7-17(19)22(30)27-10-12-28(13-11-27)23(31)18-8-9-20(26-21(18)29)15-4-2-1-3-5-15/h1-9,14H,10-13H2,(H,26,29). The van der Waals surface area contributed by atoms with E-state index >= 15 is 0 Å². The third kappa shape index (κ3) is 4.36. The Balaban J connectivity index is 1.43. The van der Waals surface area contributed by atoms with E-state index in [9.17, 15) is 18.8 Å². The van der Waals surface area contributed by atoms with Crippen LogP contribution in [0.5, 0.6) is 0 Å². The quantitative estimate of drug-likeness (QED) is 0.679. The van der Waals surface area contributed by atoms with Crippen molar-refractivity contribution in [2.24, 2.45) is 0 Å². The number of piperazine rings is 1. The first kappa shape index (κ1) is 20.8. The van der Waals surface area contributed by atoms with E-state index in [2.05, 4.69) is 4.98 Å². The van der Waals surface area contributed by atoms with Crippen molar-refractivity contribution in [2.75, 3.05) is 26.2 Å². The minimum Gasteiger partial charge on any atom is -0.335 e. The molecule has 1 aromatic heterocycles. The summed E-state index contributed by atoms with van der Waals surface area (Å²) in [5.74, 6) is -1.21. The van der Waals surface area contributed by atoms with Gasteiger partial charge < -0.3 is 14.8 Å². The van der Waals surface area contributed by atoms with Crippen molar-refractivity contribution in [2.45, 2.75) is 0 Å². The Morgan fingerprint density at radius 3 is 2.00 bits per heavy atom. The first-order valence-electron chi connectivity index (χ1n) is 9.76. The Hall–Kier alpha value is -3.45. The number of benzene rings is 2. The summed E-state index contributed by atoms with van der Waals surface area (Å²) in [7, 11) is 0. The van der Waals surface area contributed by atoms with Crippen molar-refractivity contribution in [3.05, 3.63) is 93.0 Å². The fourth-order valence-corrected chi connectivity index (χ4v) is 3.79. The molecule has 4 rings (SSSR count). The summed E-state index contributed by atoms with van der Waals surface area (Å²) in [6.45, 7) is 1.14. The van der Waals surface area contributed by atoms with E-state index in [-0.39, 0.29) is 54.1 Å². The van der Waals surface area contributed by atoms with Crippen molar-refractivity contribution in [3.8, 4) is 11.3 Å². The highest BCUT2D eigenvalue weighted by atomic mass is 35.5. The smallest absolute Gasteiger partial charge is 0.261 e. The molecule has 0 atom stereocenters. The van der Waals surface area contributed by atoms with E-state index in [1.807, 2.05) is 30.3 Å². The SMILES string of the molecule is O=C(c1ccc(F)cc1Cl)N1CCN(C(=O)c2ccc(-c3ccccc3)[nH]c2=O)CC1. The minimum absolute atomic E-state index is 0.0496. The number of pyridine rings is 1. The summed E-state index contributed by atoms with van der Waals surface area (Å²) >= 11 is 5.99. The number of halogens is 2. The van der Waals surface area contributed by atoms with Gasteiger partial charge in [0.15, 0.2) is 0 Å². The number of nitrogens with one attached hydrogen (secondary N) is 1. The van der Waals surface area contributed by atoms with Gasteiger partial charge in [0, 0.05) is 31.9 Å². The molecule has 0 saturated carbocycles. The van der Waals surface area contributed by atoms with Gasteiger partial charge in [0.05, 0.1) is 10.6 Å². The molecule has 0 bridgehead atoms. The Kier molecular flexibility index (Phi) is 5.86. The zero-order chi connectivity index (χ0) is 22.0. The van der Waals surface area contributed by atoms with Gasteiger partial charge in [-0.25, -0.2) is 4.39 Å². The van der Waals surface area contributed by atoms with Gasteiger partial charge in [-0.15, -0.1) is 0 Å². The third-order valence-electron chi connectivity index (χ3n) is 5.24. The second-order valence-corrected chi connectivity index (χ2v) is 7.60. The van der Waals surface area contributed by atoms with E-state index < -0.39 is 11.4 Å².